The summed E-state index contributed by atoms with van der Waals surface area (Å²) in [6.45, 7) is 2.39. The van der Waals surface area contributed by atoms with E-state index in [0.717, 1.165) is 24.3 Å². The average Bonchev–Trinajstić information content (AvgIpc) is 3.06. The second kappa shape index (κ2) is 3.89. The Labute approximate surface area is 108 Å². The molecule has 0 radical (unpaired) electrons. The van der Waals surface area contributed by atoms with Gasteiger partial charge in [0.2, 0.25) is 0 Å². The van der Waals surface area contributed by atoms with Gasteiger partial charge in [-0.1, -0.05) is 0 Å². The van der Waals surface area contributed by atoms with Crippen LogP contribution in [0.25, 0.3) is 0 Å². The molecule has 0 aromatic heterocycles. The molecule has 2 fully saturated rings. The molecule has 96 valence electrons. The van der Waals surface area contributed by atoms with E-state index in [4.69, 9.17) is 4.74 Å². The molecule has 0 unspecified atom stereocenters. The topological polar surface area (TPSA) is 24.5 Å². The standard InChI is InChI=1S/C15H20N2O/c1-18-10-4-5-14-12(9-10)15-11(6-7-16-15)13-3-2-8-17(13)14/h4-5,9,11,13,15-16H,2-3,6-8H2,1H3/t11-,13-,15-/m0/s1. The Kier molecular flexibility index (Phi) is 2.31. The van der Waals surface area contributed by atoms with Crippen molar-refractivity contribution in [3.05, 3.63) is 23.8 Å². The Bertz CT molecular complexity index is 474. The SMILES string of the molecule is COc1ccc2c(c1)[C@H]1NCC[C@H]1[C@@H]1CCCN21. The van der Waals surface area contributed by atoms with Gasteiger partial charge in [0.1, 0.15) is 5.75 Å². The van der Waals surface area contributed by atoms with Crippen molar-refractivity contribution in [3.63, 3.8) is 0 Å². The summed E-state index contributed by atoms with van der Waals surface area (Å²) in [5.41, 5.74) is 2.89. The van der Waals surface area contributed by atoms with Gasteiger partial charge < -0.3 is 15.0 Å². The van der Waals surface area contributed by atoms with E-state index in [-0.39, 0.29) is 0 Å². The first kappa shape index (κ1) is 10.7. The van der Waals surface area contributed by atoms with Crippen molar-refractivity contribution in [3.8, 4) is 5.75 Å². The molecule has 0 spiro atoms. The van der Waals surface area contributed by atoms with E-state index in [1.807, 2.05) is 0 Å². The van der Waals surface area contributed by atoms with Gasteiger partial charge in [0.25, 0.3) is 0 Å². The van der Waals surface area contributed by atoms with Crippen molar-refractivity contribution in [2.75, 3.05) is 25.1 Å². The molecule has 0 aliphatic carbocycles. The highest BCUT2D eigenvalue weighted by atomic mass is 16.5. The predicted octanol–water partition coefficient (Wildman–Crippen LogP) is 2.33. The lowest BCUT2D eigenvalue weighted by Crippen LogP contribution is -2.43. The molecule has 0 bridgehead atoms. The minimum absolute atomic E-state index is 0.550. The number of benzene rings is 1. The van der Waals surface area contributed by atoms with Gasteiger partial charge in [0, 0.05) is 24.3 Å². The van der Waals surface area contributed by atoms with Crippen LogP contribution in [0.3, 0.4) is 0 Å². The van der Waals surface area contributed by atoms with Crippen molar-refractivity contribution in [2.24, 2.45) is 5.92 Å². The molecular formula is C15H20N2O. The molecule has 3 aliphatic heterocycles. The van der Waals surface area contributed by atoms with Gasteiger partial charge in [-0.15, -0.1) is 0 Å². The Balaban J connectivity index is 1.85. The summed E-state index contributed by atoms with van der Waals surface area (Å²) >= 11 is 0. The van der Waals surface area contributed by atoms with Crippen molar-refractivity contribution in [1.29, 1.82) is 0 Å². The first-order valence-corrected chi connectivity index (χ1v) is 7.06. The fourth-order valence-electron chi connectivity index (χ4n) is 4.19. The zero-order valence-electron chi connectivity index (χ0n) is 10.9. The number of nitrogens with zero attached hydrogens (tertiary/aromatic N) is 1. The van der Waals surface area contributed by atoms with Crippen LogP contribution in [0.1, 0.15) is 30.9 Å². The lowest BCUT2D eigenvalue weighted by Gasteiger charge is -2.41. The highest BCUT2D eigenvalue weighted by Gasteiger charge is 2.45. The Hall–Kier alpha value is -1.22. The Morgan fingerprint density at radius 2 is 2.28 bits per heavy atom. The lowest BCUT2D eigenvalue weighted by atomic mass is 9.82. The molecular weight excluding hydrogens is 224 g/mol. The summed E-state index contributed by atoms with van der Waals surface area (Å²) in [5, 5.41) is 3.70. The predicted molar refractivity (Wildman–Crippen MR) is 72.2 cm³/mol. The minimum Gasteiger partial charge on any atom is -0.497 e. The summed E-state index contributed by atoms with van der Waals surface area (Å²) in [7, 11) is 1.75. The van der Waals surface area contributed by atoms with Gasteiger partial charge in [-0.05, 0) is 55.5 Å². The van der Waals surface area contributed by atoms with Crippen molar-refractivity contribution in [2.45, 2.75) is 31.3 Å². The van der Waals surface area contributed by atoms with E-state index in [1.165, 1.54) is 37.1 Å². The quantitative estimate of drug-likeness (QED) is 0.820. The second-order valence-corrected chi connectivity index (χ2v) is 5.71. The average molecular weight is 244 g/mol. The maximum atomic E-state index is 5.39. The van der Waals surface area contributed by atoms with Gasteiger partial charge in [0.15, 0.2) is 0 Å². The van der Waals surface area contributed by atoms with Gasteiger partial charge in [-0.2, -0.15) is 0 Å². The summed E-state index contributed by atoms with van der Waals surface area (Å²) in [6.07, 6.45) is 4.04. The number of anilines is 1. The van der Waals surface area contributed by atoms with Crippen LogP contribution in [0.5, 0.6) is 5.75 Å². The number of nitrogens with one attached hydrogen (secondary N) is 1. The Morgan fingerprint density at radius 3 is 3.17 bits per heavy atom. The van der Waals surface area contributed by atoms with Crippen LogP contribution in [-0.4, -0.2) is 26.2 Å². The van der Waals surface area contributed by atoms with E-state index < -0.39 is 0 Å². The van der Waals surface area contributed by atoms with Gasteiger partial charge in [0.05, 0.1) is 7.11 Å². The number of rotatable bonds is 1. The largest absolute Gasteiger partial charge is 0.497 e. The third kappa shape index (κ3) is 1.34. The van der Waals surface area contributed by atoms with E-state index >= 15 is 0 Å². The summed E-state index contributed by atoms with van der Waals surface area (Å²) < 4.78 is 5.39. The molecule has 2 saturated heterocycles. The number of fused-ring (bicyclic) bond motifs is 6. The van der Waals surface area contributed by atoms with Gasteiger partial charge in [-0.3, -0.25) is 0 Å². The highest BCUT2D eigenvalue weighted by Crippen LogP contribution is 2.48. The molecule has 0 saturated carbocycles. The van der Waals surface area contributed by atoms with E-state index in [0.29, 0.717) is 6.04 Å². The smallest absolute Gasteiger partial charge is 0.119 e. The van der Waals surface area contributed by atoms with Crippen LogP contribution in [0.2, 0.25) is 0 Å². The van der Waals surface area contributed by atoms with E-state index in [2.05, 4.69) is 28.4 Å². The minimum atomic E-state index is 0.550. The number of hydrogen-bond donors (Lipinski definition) is 1. The number of ether oxygens (including phenoxy) is 1. The molecule has 1 aromatic carbocycles. The first-order chi connectivity index (χ1) is 8.88. The molecule has 4 rings (SSSR count). The number of hydrogen-bond acceptors (Lipinski definition) is 3. The van der Waals surface area contributed by atoms with Crippen molar-refractivity contribution < 1.29 is 4.74 Å². The van der Waals surface area contributed by atoms with Crippen molar-refractivity contribution >= 4 is 5.69 Å². The number of methoxy groups -OCH3 is 1. The van der Waals surface area contributed by atoms with Crippen LogP contribution in [0.4, 0.5) is 5.69 Å². The molecule has 3 atom stereocenters. The zero-order valence-corrected chi connectivity index (χ0v) is 10.9. The van der Waals surface area contributed by atoms with Crippen LogP contribution < -0.4 is 15.0 Å². The third-order valence-corrected chi connectivity index (χ3v) is 4.94. The summed E-state index contributed by atoms with van der Waals surface area (Å²) in [4.78, 5) is 2.64. The molecule has 3 heteroatoms. The van der Waals surface area contributed by atoms with E-state index in [9.17, 15) is 0 Å². The molecule has 18 heavy (non-hydrogen) atoms. The van der Waals surface area contributed by atoms with Crippen LogP contribution in [0, 0.1) is 5.92 Å². The molecule has 3 heterocycles. The first-order valence-electron chi connectivity index (χ1n) is 7.06. The van der Waals surface area contributed by atoms with Crippen LogP contribution in [-0.2, 0) is 0 Å². The maximum absolute atomic E-state index is 5.39. The third-order valence-electron chi connectivity index (χ3n) is 4.94. The highest BCUT2D eigenvalue weighted by molar-refractivity contribution is 5.62. The molecule has 1 aromatic rings. The van der Waals surface area contributed by atoms with E-state index in [1.54, 1.807) is 7.11 Å². The fraction of sp³-hybridized carbons (Fsp3) is 0.600. The maximum Gasteiger partial charge on any atom is 0.119 e. The van der Waals surface area contributed by atoms with Gasteiger partial charge in [-0.25, -0.2) is 0 Å². The normalized spacial score (nSPS) is 32.9. The molecule has 1 N–H and O–H groups in total. The second-order valence-electron chi connectivity index (χ2n) is 5.71. The summed E-state index contributed by atoms with van der Waals surface area (Å²) in [6, 6.07) is 7.91. The van der Waals surface area contributed by atoms with Crippen LogP contribution >= 0.6 is 0 Å². The monoisotopic (exact) mass is 244 g/mol. The molecule has 0 amide bonds. The lowest BCUT2D eigenvalue weighted by molar-refractivity contribution is 0.357. The van der Waals surface area contributed by atoms with Crippen LogP contribution in [0.15, 0.2) is 18.2 Å². The van der Waals surface area contributed by atoms with Gasteiger partial charge >= 0.3 is 0 Å². The molecule has 3 aliphatic rings. The van der Waals surface area contributed by atoms with Crippen molar-refractivity contribution in [1.82, 2.24) is 5.32 Å². The Morgan fingerprint density at radius 1 is 1.33 bits per heavy atom. The molecule has 3 nitrogen and oxygen atoms in total. The zero-order chi connectivity index (χ0) is 12.1. The fourth-order valence-corrected chi connectivity index (χ4v) is 4.19. The summed E-state index contributed by atoms with van der Waals surface area (Å²) in [5.74, 6) is 1.78.